The van der Waals surface area contributed by atoms with Crippen molar-refractivity contribution in [3.8, 4) is 11.6 Å². The highest BCUT2D eigenvalue weighted by Gasteiger charge is 2.35. The molecular weight excluding hydrogens is 353 g/mol. The molecule has 1 aromatic heterocycles. The number of aryl methyl sites for hydroxylation is 1. The molecule has 112 valence electrons. The molecule has 0 saturated heterocycles. The fourth-order valence-corrected chi connectivity index (χ4v) is 2.05. The standard InChI is InChI=1S/C12H10BrF3N4O/c1-6-2-3-8(7(13)4-6)21-10-5-9(20-17)18-11(19-10)12(14,15)16/h2-5H,17H2,1H3,(H,18,19,20). The largest absolute Gasteiger partial charge is 0.451 e. The summed E-state index contributed by atoms with van der Waals surface area (Å²) in [5, 5.41) is 0. The lowest BCUT2D eigenvalue weighted by atomic mass is 10.2. The topological polar surface area (TPSA) is 73.1 Å². The van der Waals surface area contributed by atoms with Gasteiger partial charge in [-0.2, -0.15) is 18.2 Å². The zero-order chi connectivity index (χ0) is 15.6. The van der Waals surface area contributed by atoms with E-state index in [1.54, 1.807) is 18.2 Å². The smallest absolute Gasteiger partial charge is 0.438 e. The predicted octanol–water partition coefficient (Wildman–Crippen LogP) is 3.64. The lowest BCUT2D eigenvalue weighted by Gasteiger charge is -2.11. The quantitative estimate of drug-likeness (QED) is 0.644. The number of nitrogen functional groups attached to an aromatic ring is 1. The van der Waals surface area contributed by atoms with Crippen molar-refractivity contribution in [3.05, 3.63) is 40.1 Å². The SMILES string of the molecule is Cc1ccc(Oc2cc(NN)nc(C(F)(F)F)n2)c(Br)c1. The van der Waals surface area contributed by atoms with E-state index >= 15 is 0 Å². The van der Waals surface area contributed by atoms with Crippen molar-refractivity contribution < 1.29 is 17.9 Å². The van der Waals surface area contributed by atoms with Crippen LogP contribution in [-0.4, -0.2) is 9.97 Å². The second-order valence-electron chi connectivity index (χ2n) is 4.09. The van der Waals surface area contributed by atoms with E-state index in [1.165, 1.54) is 6.07 Å². The third-order valence-electron chi connectivity index (χ3n) is 2.41. The summed E-state index contributed by atoms with van der Waals surface area (Å²) in [6.45, 7) is 1.87. The number of anilines is 1. The van der Waals surface area contributed by atoms with E-state index in [1.807, 2.05) is 12.3 Å². The van der Waals surface area contributed by atoms with Crippen LogP contribution in [0.4, 0.5) is 19.0 Å². The second kappa shape index (κ2) is 5.86. The van der Waals surface area contributed by atoms with E-state index in [0.717, 1.165) is 5.56 Å². The molecule has 1 aromatic carbocycles. The average molecular weight is 363 g/mol. The molecule has 0 saturated carbocycles. The number of ether oxygens (including phenoxy) is 1. The Labute approximate surface area is 126 Å². The first-order valence-corrected chi connectivity index (χ1v) is 6.46. The summed E-state index contributed by atoms with van der Waals surface area (Å²) in [6, 6.07) is 6.31. The predicted molar refractivity (Wildman–Crippen MR) is 73.8 cm³/mol. The summed E-state index contributed by atoms with van der Waals surface area (Å²) in [5.74, 6) is 3.63. The lowest BCUT2D eigenvalue weighted by molar-refractivity contribution is -0.145. The van der Waals surface area contributed by atoms with Crippen LogP contribution in [0.2, 0.25) is 0 Å². The Bertz CT molecular complexity index is 663. The number of rotatable bonds is 3. The van der Waals surface area contributed by atoms with Crippen molar-refractivity contribution in [2.75, 3.05) is 5.43 Å². The van der Waals surface area contributed by atoms with Crippen LogP contribution in [0.25, 0.3) is 0 Å². The van der Waals surface area contributed by atoms with Gasteiger partial charge in [0.1, 0.15) is 11.6 Å². The number of alkyl halides is 3. The summed E-state index contributed by atoms with van der Waals surface area (Å²) in [5.41, 5.74) is 3.02. The van der Waals surface area contributed by atoms with Gasteiger partial charge in [0.25, 0.3) is 0 Å². The maximum Gasteiger partial charge on any atom is 0.451 e. The highest BCUT2D eigenvalue weighted by Crippen LogP contribution is 2.33. The fraction of sp³-hybridized carbons (Fsp3) is 0.167. The monoisotopic (exact) mass is 362 g/mol. The minimum Gasteiger partial charge on any atom is -0.438 e. The maximum absolute atomic E-state index is 12.7. The highest BCUT2D eigenvalue weighted by molar-refractivity contribution is 9.10. The third kappa shape index (κ3) is 3.82. The molecule has 21 heavy (non-hydrogen) atoms. The van der Waals surface area contributed by atoms with Crippen LogP contribution < -0.4 is 16.0 Å². The first kappa shape index (κ1) is 15.5. The minimum atomic E-state index is -4.70. The van der Waals surface area contributed by atoms with Gasteiger partial charge in [-0.25, -0.2) is 10.8 Å². The van der Waals surface area contributed by atoms with E-state index < -0.39 is 12.0 Å². The number of benzene rings is 1. The Kier molecular flexibility index (Phi) is 4.33. The van der Waals surface area contributed by atoms with Crippen molar-refractivity contribution in [2.45, 2.75) is 13.1 Å². The van der Waals surface area contributed by atoms with Gasteiger partial charge in [0.2, 0.25) is 11.7 Å². The minimum absolute atomic E-state index is 0.199. The van der Waals surface area contributed by atoms with Crippen molar-refractivity contribution >= 4 is 21.7 Å². The van der Waals surface area contributed by atoms with Gasteiger partial charge in [0, 0.05) is 6.07 Å². The van der Waals surface area contributed by atoms with Crippen LogP contribution in [-0.2, 0) is 6.18 Å². The van der Waals surface area contributed by atoms with Crippen molar-refractivity contribution in [2.24, 2.45) is 5.84 Å². The van der Waals surface area contributed by atoms with Gasteiger partial charge in [0.15, 0.2) is 0 Å². The zero-order valence-electron chi connectivity index (χ0n) is 10.7. The summed E-state index contributed by atoms with van der Waals surface area (Å²) >= 11 is 3.27. The number of halogens is 4. The van der Waals surface area contributed by atoms with Gasteiger partial charge >= 0.3 is 6.18 Å². The number of nitrogens with zero attached hydrogens (tertiary/aromatic N) is 2. The van der Waals surface area contributed by atoms with E-state index in [-0.39, 0.29) is 11.7 Å². The summed E-state index contributed by atoms with van der Waals surface area (Å²) < 4.78 is 44.0. The van der Waals surface area contributed by atoms with Crippen LogP contribution in [0.1, 0.15) is 11.4 Å². The van der Waals surface area contributed by atoms with Gasteiger partial charge in [-0.3, -0.25) is 0 Å². The number of nitrogens with two attached hydrogens (primary N) is 1. The van der Waals surface area contributed by atoms with Gasteiger partial charge in [-0.05, 0) is 40.5 Å². The molecule has 0 spiro atoms. The molecule has 1 heterocycles. The van der Waals surface area contributed by atoms with E-state index in [2.05, 4.69) is 25.9 Å². The summed E-state index contributed by atoms with van der Waals surface area (Å²) in [7, 11) is 0. The first-order valence-electron chi connectivity index (χ1n) is 5.66. The van der Waals surface area contributed by atoms with E-state index in [0.29, 0.717) is 10.2 Å². The number of hydrogen-bond donors (Lipinski definition) is 2. The molecule has 5 nitrogen and oxygen atoms in total. The van der Waals surface area contributed by atoms with Crippen LogP contribution in [0.15, 0.2) is 28.7 Å². The molecule has 0 aliphatic rings. The molecule has 0 aliphatic carbocycles. The molecule has 2 aromatic rings. The average Bonchev–Trinajstić information content (AvgIpc) is 2.40. The molecule has 0 radical (unpaired) electrons. The summed E-state index contributed by atoms with van der Waals surface area (Å²) in [6.07, 6.45) is -4.70. The Balaban J connectivity index is 2.39. The Morgan fingerprint density at radius 1 is 1.24 bits per heavy atom. The molecule has 0 fully saturated rings. The molecule has 0 unspecified atom stereocenters. The molecule has 3 N–H and O–H groups in total. The van der Waals surface area contributed by atoms with Crippen molar-refractivity contribution in [1.29, 1.82) is 0 Å². The van der Waals surface area contributed by atoms with Crippen molar-refractivity contribution in [3.63, 3.8) is 0 Å². The molecule has 0 atom stereocenters. The second-order valence-corrected chi connectivity index (χ2v) is 4.95. The van der Waals surface area contributed by atoms with Crippen LogP contribution in [0, 0.1) is 6.92 Å². The number of aromatic nitrogens is 2. The maximum atomic E-state index is 12.7. The van der Waals surface area contributed by atoms with E-state index in [4.69, 9.17) is 10.6 Å². The molecule has 2 rings (SSSR count). The third-order valence-corrected chi connectivity index (χ3v) is 3.03. The van der Waals surface area contributed by atoms with Crippen LogP contribution in [0.3, 0.4) is 0 Å². The lowest BCUT2D eigenvalue weighted by Crippen LogP contribution is -2.16. The van der Waals surface area contributed by atoms with Gasteiger partial charge in [0.05, 0.1) is 4.47 Å². The number of hydrogen-bond acceptors (Lipinski definition) is 5. The summed E-state index contributed by atoms with van der Waals surface area (Å²) in [4.78, 5) is 6.57. The molecule has 0 amide bonds. The van der Waals surface area contributed by atoms with Crippen LogP contribution in [0.5, 0.6) is 11.6 Å². The normalized spacial score (nSPS) is 11.3. The zero-order valence-corrected chi connectivity index (χ0v) is 12.3. The molecular formula is C12H10BrF3N4O. The Morgan fingerprint density at radius 3 is 2.52 bits per heavy atom. The van der Waals surface area contributed by atoms with Gasteiger partial charge in [-0.1, -0.05) is 6.07 Å². The number of hydrazine groups is 1. The van der Waals surface area contributed by atoms with Crippen molar-refractivity contribution in [1.82, 2.24) is 9.97 Å². The highest BCUT2D eigenvalue weighted by atomic mass is 79.9. The Hall–Kier alpha value is -1.87. The van der Waals surface area contributed by atoms with Gasteiger partial charge in [-0.15, -0.1) is 0 Å². The van der Waals surface area contributed by atoms with Gasteiger partial charge < -0.3 is 10.2 Å². The van der Waals surface area contributed by atoms with E-state index in [9.17, 15) is 13.2 Å². The molecule has 0 bridgehead atoms. The first-order chi connectivity index (χ1) is 9.79. The molecule has 9 heteroatoms. The molecule has 0 aliphatic heterocycles. The van der Waals surface area contributed by atoms with Crippen LogP contribution >= 0.6 is 15.9 Å². The number of nitrogens with one attached hydrogen (secondary N) is 1. The fourth-order valence-electron chi connectivity index (χ4n) is 1.48. The Morgan fingerprint density at radius 2 is 1.95 bits per heavy atom.